The second kappa shape index (κ2) is 6.76. The number of carbonyl (C=O) groups is 1. The molecular formula is C18H20N4O2S. The van der Waals surface area contributed by atoms with Gasteiger partial charge in [-0.25, -0.2) is 9.67 Å². The lowest BCUT2D eigenvalue weighted by Crippen LogP contribution is -2.29. The van der Waals surface area contributed by atoms with E-state index in [-0.39, 0.29) is 23.1 Å². The largest absolute Gasteiger partial charge is 0.296 e. The van der Waals surface area contributed by atoms with Gasteiger partial charge in [-0.1, -0.05) is 32.0 Å². The average molecular weight is 356 g/mol. The number of nitrogens with zero attached hydrogens (tertiary/aromatic N) is 3. The Hall–Kier alpha value is -2.54. The molecule has 0 atom stereocenters. The van der Waals surface area contributed by atoms with Crippen molar-refractivity contribution in [2.24, 2.45) is 5.92 Å². The van der Waals surface area contributed by atoms with Crippen molar-refractivity contribution in [3.05, 3.63) is 50.9 Å². The fourth-order valence-corrected chi connectivity index (χ4v) is 3.36. The van der Waals surface area contributed by atoms with Gasteiger partial charge in [0.25, 0.3) is 11.5 Å². The van der Waals surface area contributed by atoms with Crippen LogP contribution < -0.4 is 10.9 Å². The van der Waals surface area contributed by atoms with E-state index in [2.05, 4.69) is 15.4 Å². The third-order valence-electron chi connectivity index (χ3n) is 3.87. The number of thiazole rings is 1. The molecule has 0 saturated heterocycles. The third-order valence-corrected chi connectivity index (χ3v) is 4.86. The molecular weight excluding hydrogens is 336 g/mol. The van der Waals surface area contributed by atoms with E-state index in [1.54, 1.807) is 24.3 Å². The number of anilines is 1. The van der Waals surface area contributed by atoms with E-state index in [1.165, 1.54) is 16.0 Å². The molecule has 6 nitrogen and oxygen atoms in total. The highest BCUT2D eigenvalue weighted by molar-refractivity contribution is 7.15. The second-order valence-electron chi connectivity index (χ2n) is 6.39. The van der Waals surface area contributed by atoms with E-state index in [0.29, 0.717) is 22.4 Å². The van der Waals surface area contributed by atoms with Gasteiger partial charge in [-0.05, 0) is 25.8 Å². The molecule has 130 valence electrons. The molecule has 0 aliphatic heterocycles. The SMILES string of the molecule is Cc1nc(NC(=O)c2nn(CC(C)C)c(=O)c3ccccc23)sc1C. The molecule has 0 bridgehead atoms. The molecule has 3 rings (SSSR count). The first-order valence-corrected chi connectivity index (χ1v) is 8.93. The maximum atomic E-state index is 12.8. The minimum atomic E-state index is -0.359. The first kappa shape index (κ1) is 17.3. The van der Waals surface area contributed by atoms with Crippen molar-refractivity contribution in [3.8, 4) is 0 Å². The molecule has 7 heteroatoms. The molecule has 1 N–H and O–H groups in total. The van der Waals surface area contributed by atoms with Crippen LogP contribution in [0, 0.1) is 19.8 Å². The predicted octanol–water partition coefficient (Wildman–Crippen LogP) is 3.38. The summed E-state index contributed by atoms with van der Waals surface area (Å²) in [6.07, 6.45) is 0. The summed E-state index contributed by atoms with van der Waals surface area (Å²) in [4.78, 5) is 30.8. The number of aryl methyl sites for hydroxylation is 2. The Labute approximate surface area is 149 Å². The summed E-state index contributed by atoms with van der Waals surface area (Å²) in [5.74, 6) is -0.117. The van der Waals surface area contributed by atoms with Crippen molar-refractivity contribution in [3.63, 3.8) is 0 Å². The van der Waals surface area contributed by atoms with Crippen molar-refractivity contribution in [1.29, 1.82) is 0 Å². The highest BCUT2D eigenvalue weighted by Crippen LogP contribution is 2.22. The lowest BCUT2D eigenvalue weighted by Gasteiger charge is -2.12. The molecule has 25 heavy (non-hydrogen) atoms. The van der Waals surface area contributed by atoms with Crippen LogP contribution in [0.25, 0.3) is 10.8 Å². The number of nitrogens with one attached hydrogen (secondary N) is 1. The number of hydrogen-bond donors (Lipinski definition) is 1. The van der Waals surface area contributed by atoms with E-state index in [0.717, 1.165) is 10.6 Å². The Bertz CT molecular complexity index is 984. The van der Waals surface area contributed by atoms with Crippen LogP contribution in [0.4, 0.5) is 5.13 Å². The van der Waals surface area contributed by atoms with Crippen molar-refractivity contribution in [1.82, 2.24) is 14.8 Å². The summed E-state index contributed by atoms with van der Waals surface area (Å²) in [5, 5.41) is 8.72. The van der Waals surface area contributed by atoms with Gasteiger partial charge in [-0.15, -0.1) is 11.3 Å². The van der Waals surface area contributed by atoms with Gasteiger partial charge in [0.1, 0.15) is 0 Å². The van der Waals surface area contributed by atoms with Crippen LogP contribution >= 0.6 is 11.3 Å². The van der Waals surface area contributed by atoms with E-state index >= 15 is 0 Å². The molecule has 3 aromatic rings. The Morgan fingerprint density at radius 3 is 2.52 bits per heavy atom. The molecule has 1 amide bonds. The van der Waals surface area contributed by atoms with E-state index in [9.17, 15) is 9.59 Å². The molecule has 0 spiro atoms. The second-order valence-corrected chi connectivity index (χ2v) is 7.59. The fourth-order valence-electron chi connectivity index (χ4n) is 2.55. The molecule has 0 radical (unpaired) electrons. The van der Waals surface area contributed by atoms with Crippen LogP contribution in [0.3, 0.4) is 0 Å². The Balaban J connectivity index is 2.08. The van der Waals surface area contributed by atoms with Crippen molar-refractivity contribution < 1.29 is 4.79 Å². The minimum Gasteiger partial charge on any atom is -0.296 e. The van der Waals surface area contributed by atoms with E-state index in [4.69, 9.17) is 0 Å². The summed E-state index contributed by atoms with van der Waals surface area (Å²) in [7, 11) is 0. The summed E-state index contributed by atoms with van der Waals surface area (Å²) in [6, 6.07) is 7.06. The van der Waals surface area contributed by atoms with Crippen LogP contribution in [-0.2, 0) is 6.54 Å². The summed E-state index contributed by atoms with van der Waals surface area (Å²) < 4.78 is 1.38. The first-order valence-electron chi connectivity index (χ1n) is 8.12. The zero-order valence-electron chi connectivity index (χ0n) is 14.7. The molecule has 0 saturated carbocycles. The number of hydrogen-bond acceptors (Lipinski definition) is 5. The Kier molecular flexibility index (Phi) is 4.67. The topological polar surface area (TPSA) is 76.9 Å². The van der Waals surface area contributed by atoms with Crippen LogP contribution in [0.15, 0.2) is 29.1 Å². The molecule has 2 heterocycles. The third kappa shape index (κ3) is 3.46. The highest BCUT2D eigenvalue weighted by atomic mass is 32.1. The van der Waals surface area contributed by atoms with Gasteiger partial charge < -0.3 is 0 Å². The van der Waals surface area contributed by atoms with Crippen molar-refractivity contribution >= 4 is 33.1 Å². The maximum Gasteiger partial charge on any atom is 0.278 e. The van der Waals surface area contributed by atoms with Gasteiger partial charge in [0.05, 0.1) is 11.1 Å². The molecule has 2 aromatic heterocycles. The zero-order chi connectivity index (χ0) is 18.1. The zero-order valence-corrected chi connectivity index (χ0v) is 15.5. The Morgan fingerprint density at radius 1 is 1.24 bits per heavy atom. The van der Waals surface area contributed by atoms with Crippen LogP contribution in [-0.4, -0.2) is 20.7 Å². The Morgan fingerprint density at radius 2 is 1.92 bits per heavy atom. The maximum absolute atomic E-state index is 12.8. The molecule has 0 aliphatic carbocycles. The van der Waals surface area contributed by atoms with Gasteiger partial charge in [0, 0.05) is 16.8 Å². The number of amides is 1. The number of rotatable bonds is 4. The standard InChI is InChI=1S/C18H20N4O2S/c1-10(2)9-22-17(24)14-8-6-5-7-13(14)15(21-22)16(23)20-18-19-11(3)12(4)25-18/h5-8,10H,9H2,1-4H3,(H,19,20,23). The van der Waals surface area contributed by atoms with Crippen molar-refractivity contribution in [2.75, 3.05) is 5.32 Å². The average Bonchev–Trinajstić information content (AvgIpc) is 2.87. The summed E-state index contributed by atoms with van der Waals surface area (Å²) in [6.45, 7) is 8.32. The van der Waals surface area contributed by atoms with Crippen LogP contribution in [0.2, 0.25) is 0 Å². The van der Waals surface area contributed by atoms with E-state index in [1.807, 2.05) is 27.7 Å². The van der Waals surface area contributed by atoms with Crippen molar-refractivity contribution in [2.45, 2.75) is 34.2 Å². The van der Waals surface area contributed by atoms with Gasteiger partial charge >= 0.3 is 0 Å². The first-order chi connectivity index (χ1) is 11.9. The smallest absolute Gasteiger partial charge is 0.278 e. The van der Waals surface area contributed by atoms with Crippen LogP contribution in [0.1, 0.15) is 34.9 Å². The fraction of sp³-hybridized carbons (Fsp3) is 0.333. The summed E-state index contributed by atoms with van der Waals surface area (Å²) in [5.41, 5.74) is 0.950. The number of aromatic nitrogens is 3. The van der Waals surface area contributed by atoms with Gasteiger partial charge in [-0.3, -0.25) is 14.9 Å². The van der Waals surface area contributed by atoms with Gasteiger partial charge in [0.15, 0.2) is 10.8 Å². The normalized spacial score (nSPS) is 11.2. The summed E-state index contributed by atoms with van der Waals surface area (Å²) >= 11 is 1.42. The highest BCUT2D eigenvalue weighted by Gasteiger charge is 2.18. The molecule has 1 aromatic carbocycles. The predicted molar refractivity (Wildman–Crippen MR) is 100 cm³/mol. The molecule has 0 unspecified atom stereocenters. The minimum absolute atomic E-state index is 0.179. The number of carbonyl (C=O) groups excluding carboxylic acids is 1. The molecule has 0 fully saturated rings. The lowest BCUT2D eigenvalue weighted by molar-refractivity contribution is 0.102. The van der Waals surface area contributed by atoms with Gasteiger partial charge in [0.2, 0.25) is 0 Å². The monoisotopic (exact) mass is 356 g/mol. The number of benzene rings is 1. The van der Waals surface area contributed by atoms with Crippen LogP contribution in [0.5, 0.6) is 0 Å². The molecule has 0 aliphatic rings. The lowest BCUT2D eigenvalue weighted by atomic mass is 10.1. The van der Waals surface area contributed by atoms with E-state index < -0.39 is 0 Å². The quantitative estimate of drug-likeness (QED) is 0.777. The van der Waals surface area contributed by atoms with Gasteiger partial charge in [-0.2, -0.15) is 5.10 Å². The number of fused-ring (bicyclic) bond motifs is 1.